The maximum atomic E-state index is 9.71. The van der Waals surface area contributed by atoms with E-state index in [4.69, 9.17) is 0 Å². The number of nitrogens with zero attached hydrogens (tertiary/aromatic N) is 2. The van der Waals surface area contributed by atoms with Gasteiger partial charge in [-0.15, -0.1) is 0 Å². The van der Waals surface area contributed by atoms with Crippen LogP contribution in [0.25, 0.3) is 0 Å². The van der Waals surface area contributed by atoms with Crippen LogP contribution < -0.4 is 5.32 Å². The normalized spacial score (nSPS) is 37.7. The molecule has 2 rings (SSSR count). The molecule has 0 aromatic rings. The third-order valence-corrected chi connectivity index (χ3v) is 5.33. The molecular weight excluding hydrogens is 238 g/mol. The monoisotopic (exact) mass is 269 g/mol. The van der Waals surface area contributed by atoms with Crippen molar-refractivity contribution in [3.05, 3.63) is 0 Å². The molecule has 0 aromatic heterocycles. The van der Waals surface area contributed by atoms with Crippen molar-refractivity contribution >= 4 is 0 Å². The van der Waals surface area contributed by atoms with Crippen LogP contribution in [0.1, 0.15) is 38.5 Å². The molecule has 1 saturated carbocycles. The summed E-state index contributed by atoms with van der Waals surface area (Å²) in [6.45, 7) is 2.70. The maximum absolute atomic E-state index is 9.71. The zero-order valence-electron chi connectivity index (χ0n) is 12.9. The Hall–Kier alpha value is -0.160. The highest BCUT2D eigenvalue weighted by Gasteiger charge is 2.38. The molecule has 112 valence electrons. The van der Waals surface area contributed by atoms with Gasteiger partial charge in [0.1, 0.15) is 0 Å². The van der Waals surface area contributed by atoms with Gasteiger partial charge >= 0.3 is 0 Å². The Morgan fingerprint density at radius 3 is 2.74 bits per heavy atom. The number of likely N-dealkylation sites (N-methyl/N-ethyl adjacent to an activating group) is 2. The standard InChI is InChI=1S/C15H31N3O/c1-16-15(12-19)8-4-6-13(10-15)18-9-5-7-14(11-18)17(2)3/h13-14,16,19H,4-12H2,1-3H3. The van der Waals surface area contributed by atoms with Gasteiger partial charge in [0, 0.05) is 24.2 Å². The predicted molar refractivity (Wildman–Crippen MR) is 79.4 cm³/mol. The van der Waals surface area contributed by atoms with E-state index in [0.717, 1.165) is 12.8 Å². The molecule has 2 fully saturated rings. The van der Waals surface area contributed by atoms with E-state index in [2.05, 4.69) is 29.2 Å². The summed E-state index contributed by atoms with van der Waals surface area (Å²) >= 11 is 0. The van der Waals surface area contributed by atoms with Crippen LogP contribution in [0.2, 0.25) is 0 Å². The van der Waals surface area contributed by atoms with Gasteiger partial charge in [0.05, 0.1) is 6.61 Å². The molecule has 4 nitrogen and oxygen atoms in total. The SMILES string of the molecule is CNC1(CO)CCCC(N2CCCC(N(C)C)C2)C1. The van der Waals surface area contributed by atoms with E-state index in [0.29, 0.717) is 12.1 Å². The zero-order valence-corrected chi connectivity index (χ0v) is 12.9. The number of nitrogens with one attached hydrogen (secondary N) is 1. The van der Waals surface area contributed by atoms with Crippen molar-refractivity contribution in [2.24, 2.45) is 0 Å². The molecule has 0 radical (unpaired) electrons. The summed E-state index contributed by atoms with van der Waals surface area (Å²) in [6.07, 6.45) is 7.37. The first kappa shape index (κ1) is 15.2. The second kappa shape index (κ2) is 6.53. The number of aliphatic hydroxyl groups is 1. The molecule has 3 unspecified atom stereocenters. The fraction of sp³-hybridized carbons (Fsp3) is 1.00. The molecule has 1 aliphatic carbocycles. The molecule has 0 amide bonds. The quantitative estimate of drug-likeness (QED) is 0.795. The minimum absolute atomic E-state index is 0.0338. The van der Waals surface area contributed by atoms with Gasteiger partial charge in [-0.25, -0.2) is 0 Å². The Morgan fingerprint density at radius 2 is 2.11 bits per heavy atom. The fourth-order valence-electron chi connectivity index (χ4n) is 3.83. The van der Waals surface area contributed by atoms with Gasteiger partial charge in [-0.1, -0.05) is 0 Å². The van der Waals surface area contributed by atoms with Crippen LogP contribution in [-0.4, -0.2) is 73.4 Å². The van der Waals surface area contributed by atoms with E-state index >= 15 is 0 Å². The molecule has 1 heterocycles. The van der Waals surface area contributed by atoms with Gasteiger partial charge in [-0.3, -0.25) is 4.90 Å². The van der Waals surface area contributed by atoms with Gasteiger partial charge in [0.25, 0.3) is 0 Å². The molecule has 2 N–H and O–H groups in total. The lowest BCUT2D eigenvalue weighted by molar-refractivity contribution is 0.0345. The second-order valence-electron chi connectivity index (χ2n) is 6.69. The number of piperidine rings is 1. The largest absolute Gasteiger partial charge is 0.394 e. The van der Waals surface area contributed by atoms with Crippen LogP contribution in [0.15, 0.2) is 0 Å². The van der Waals surface area contributed by atoms with E-state index in [1.165, 1.54) is 38.8 Å². The average molecular weight is 269 g/mol. The minimum Gasteiger partial charge on any atom is -0.394 e. The highest BCUT2D eigenvalue weighted by Crippen LogP contribution is 2.32. The summed E-state index contributed by atoms with van der Waals surface area (Å²) in [5, 5.41) is 13.1. The van der Waals surface area contributed by atoms with Gasteiger partial charge < -0.3 is 15.3 Å². The molecule has 1 saturated heterocycles. The fourth-order valence-corrected chi connectivity index (χ4v) is 3.83. The summed E-state index contributed by atoms with van der Waals surface area (Å²) in [5.74, 6) is 0. The molecule has 19 heavy (non-hydrogen) atoms. The Bertz CT molecular complexity index is 279. The topological polar surface area (TPSA) is 38.7 Å². The number of likely N-dealkylation sites (tertiary alicyclic amines) is 1. The minimum atomic E-state index is -0.0338. The number of aliphatic hydroxyl groups excluding tert-OH is 1. The average Bonchev–Trinajstić information content (AvgIpc) is 2.47. The Kier molecular flexibility index (Phi) is 5.23. The molecule has 1 aliphatic heterocycles. The summed E-state index contributed by atoms with van der Waals surface area (Å²) in [4.78, 5) is 5.04. The number of rotatable bonds is 4. The van der Waals surface area contributed by atoms with Crippen molar-refractivity contribution < 1.29 is 5.11 Å². The van der Waals surface area contributed by atoms with Crippen molar-refractivity contribution in [1.29, 1.82) is 0 Å². The van der Waals surface area contributed by atoms with Crippen molar-refractivity contribution in [3.8, 4) is 0 Å². The van der Waals surface area contributed by atoms with Crippen LogP contribution in [0.5, 0.6) is 0 Å². The second-order valence-corrected chi connectivity index (χ2v) is 6.69. The van der Waals surface area contributed by atoms with Gasteiger partial charge in [0.2, 0.25) is 0 Å². The first-order valence-electron chi connectivity index (χ1n) is 7.80. The maximum Gasteiger partial charge on any atom is 0.0613 e. The highest BCUT2D eigenvalue weighted by molar-refractivity contribution is 4.97. The molecular formula is C15H31N3O. The molecule has 4 heteroatoms. The van der Waals surface area contributed by atoms with Crippen LogP contribution in [0.3, 0.4) is 0 Å². The Balaban J connectivity index is 1.97. The van der Waals surface area contributed by atoms with E-state index < -0.39 is 0 Å². The van der Waals surface area contributed by atoms with E-state index in [1.54, 1.807) is 0 Å². The van der Waals surface area contributed by atoms with Crippen molar-refractivity contribution in [2.75, 3.05) is 40.8 Å². The van der Waals surface area contributed by atoms with Crippen LogP contribution in [0.4, 0.5) is 0 Å². The summed E-state index contributed by atoms with van der Waals surface area (Å²) < 4.78 is 0. The molecule has 0 aromatic carbocycles. The van der Waals surface area contributed by atoms with Crippen molar-refractivity contribution in [3.63, 3.8) is 0 Å². The third kappa shape index (κ3) is 3.48. The van der Waals surface area contributed by atoms with Crippen molar-refractivity contribution in [1.82, 2.24) is 15.1 Å². The lowest BCUT2D eigenvalue weighted by Gasteiger charge is -2.47. The van der Waals surface area contributed by atoms with Gasteiger partial charge in [-0.05, 0) is 66.2 Å². The lowest BCUT2D eigenvalue weighted by atomic mass is 9.78. The Labute approximate surface area is 118 Å². The Morgan fingerprint density at radius 1 is 1.32 bits per heavy atom. The number of hydrogen-bond acceptors (Lipinski definition) is 4. The van der Waals surface area contributed by atoms with E-state index in [-0.39, 0.29) is 12.1 Å². The summed E-state index contributed by atoms with van der Waals surface area (Å²) in [5.41, 5.74) is -0.0338. The summed E-state index contributed by atoms with van der Waals surface area (Å²) in [7, 11) is 6.39. The molecule has 2 aliphatic rings. The van der Waals surface area contributed by atoms with Gasteiger partial charge in [-0.2, -0.15) is 0 Å². The van der Waals surface area contributed by atoms with Gasteiger partial charge in [0.15, 0.2) is 0 Å². The van der Waals surface area contributed by atoms with Crippen LogP contribution >= 0.6 is 0 Å². The lowest BCUT2D eigenvalue weighted by Crippen LogP contribution is -2.57. The van der Waals surface area contributed by atoms with Crippen molar-refractivity contribution in [2.45, 2.75) is 56.1 Å². The highest BCUT2D eigenvalue weighted by atomic mass is 16.3. The molecule has 0 spiro atoms. The smallest absolute Gasteiger partial charge is 0.0613 e. The first-order chi connectivity index (χ1) is 9.10. The van der Waals surface area contributed by atoms with E-state index in [1.807, 2.05) is 7.05 Å². The van der Waals surface area contributed by atoms with Crippen LogP contribution in [-0.2, 0) is 0 Å². The van der Waals surface area contributed by atoms with E-state index in [9.17, 15) is 5.11 Å². The third-order valence-electron chi connectivity index (χ3n) is 5.33. The first-order valence-corrected chi connectivity index (χ1v) is 7.80. The van der Waals surface area contributed by atoms with Crippen LogP contribution in [0, 0.1) is 0 Å². The zero-order chi connectivity index (χ0) is 13.9. The number of hydrogen-bond donors (Lipinski definition) is 2. The molecule has 3 atom stereocenters. The summed E-state index contributed by atoms with van der Waals surface area (Å²) in [6, 6.07) is 1.35. The predicted octanol–water partition coefficient (Wildman–Crippen LogP) is 0.905. The molecule has 0 bridgehead atoms.